The van der Waals surface area contributed by atoms with Crippen LogP contribution in [0.25, 0.3) is 0 Å². The second kappa shape index (κ2) is 11.3. The second-order valence-corrected chi connectivity index (χ2v) is 8.68. The molecule has 2 saturated heterocycles. The van der Waals surface area contributed by atoms with Crippen molar-refractivity contribution in [2.75, 3.05) is 26.9 Å². The van der Waals surface area contributed by atoms with E-state index < -0.39 is 74.5 Å². The normalized spacial score (nSPS) is 35.3. The summed E-state index contributed by atoms with van der Waals surface area (Å²) in [4.78, 5) is 12.4. The molecule has 1 aromatic carbocycles. The van der Waals surface area contributed by atoms with Crippen LogP contribution in [-0.2, 0) is 23.7 Å². The highest BCUT2D eigenvalue weighted by molar-refractivity contribution is 5.90. The number of hydrogen-bond donors (Lipinski definition) is 6. The Hall–Kier alpha value is -2.07. The largest absolute Gasteiger partial charge is 0.504 e. The van der Waals surface area contributed by atoms with Gasteiger partial charge in [0.05, 0.1) is 32.0 Å². The zero-order valence-electron chi connectivity index (χ0n) is 19.5. The fourth-order valence-corrected chi connectivity index (χ4v) is 3.71. The molecule has 13 heteroatoms. The third-order valence-electron chi connectivity index (χ3n) is 5.70. The Morgan fingerprint density at radius 1 is 1.20 bits per heavy atom. The third-order valence-corrected chi connectivity index (χ3v) is 5.70. The van der Waals surface area contributed by atoms with Crippen LogP contribution in [-0.4, -0.2) is 118 Å². The molecule has 198 valence electrons. The summed E-state index contributed by atoms with van der Waals surface area (Å²) in [7, 11) is 1.31. The highest BCUT2D eigenvalue weighted by Crippen LogP contribution is 2.32. The number of hydrogen-bond acceptors (Lipinski definition) is 13. The lowest BCUT2D eigenvalue weighted by molar-refractivity contribution is -0.341. The number of rotatable bonds is 9. The van der Waals surface area contributed by atoms with Gasteiger partial charge in [0.2, 0.25) is 0 Å². The number of carbonyl (C=O) groups is 1. The summed E-state index contributed by atoms with van der Waals surface area (Å²) in [6.07, 6.45) is -10.4. The fourth-order valence-electron chi connectivity index (χ4n) is 3.71. The van der Waals surface area contributed by atoms with Crippen molar-refractivity contribution in [3.63, 3.8) is 0 Å². The number of aliphatic hydroxyl groups is 5. The van der Waals surface area contributed by atoms with Crippen molar-refractivity contribution in [2.45, 2.75) is 68.7 Å². The van der Waals surface area contributed by atoms with Crippen LogP contribution < -0.4 is 4.74 Å². The first-order valence-corrected chi connectivity index (χ1v) is 11.0. The average molecular weight is 504 g/mol. The smallest absolute Gasteiger partial charge is 0.338 e. The van der Waals surface area contributed by atoms with Crippen LogP contribution in [0.2, 0.25) is 0 Å². The third kappa shape index (κ3) is 6.02. The van der Waals surface area contributed by atoms with Gasteiger partial charge in [-0.2, -0.15) is 0 Å². The van der Waals surface area contributed by atoms with Crippen LogP contribution in [0.3, 0.4) is 0 Å². The highest BCUT2D eigenvalue weighted by Gasteiger charge is 2.54. The summed E-state index contributed by atoms with van der Waals surface area (Å²) in [5.41, 5.74) is -2.02. The van der Waals surface area contributed by atoms with Gasteiger partial charge in [-0.25, -0.2) is 4.79 Å². The van der Waals surface area contributed by atoms with Crippen molar-refractivity contribution < 1.29 is 63.9 Å². The first-order chi connectivity index (χ1) is 16.5. The lowest BCUT2D eigenvalue weighted by Crippen LogP contribution is -2.61. The lowest BCUT2D eigenvalue weighted by Gasteiger charge is -2.43. The standard InChI is InChI=1S/C22H32O13/c1-10(2)33-20-17(16(26)15(25)14(7-23)34-20)35-21-18(27)22(29,9-32-21)8-31-19(28)11-4-5-12(24)13(6-11)30-3/h4-6,10,14-18,20-21,23-27,29H,7-9H2,1-3H3. The summed E-state index contributed by atoms with van der Waals surface area (Å²) in [6.45, 7) is 1.67. The topological polar surface area (TPSA) is 194 Å². The molecule has 2 aliphatic rings. The Balaban J connectivity index is 1.65. The molecule has 8 atom stereocenters. The first-order valence-electron chi connectivity index (χ1n) is 11.0. The molecule has 2 heterocycles. The zero-order chi connectivity index (χ0) is 25.9. The summed E-state index contributed by atoms with van der Waals surface area (Å²) in [5.74, 6) is -0.979. The van der Waals surface area contributed by atoms with E-state index in [0.717, 1.165) is 0 Å². The molecule has 8 unspecified atom stereocenters. The minimum Gasteiger partial charge on any atom is -0.504 e. The SMILES string of the molecule is COc1cc(C(=O)OCC2(O)COC(OC3C(OC(C)C)OC(CO)C(O)C3O)C2O)ccc1O. The average Bonchev–Trinajstić information content (AvgIpc) is 3.10. The maximum atomic E-state index is 12.4. The van der Waals surface area contributed by atoms with Crippen LogP contribution in [0, 0.1) is 0 Å². The van der Waals surface area contributed by atoms with E-state index in [0.29, 0.717) is 0 Å². The molecule has 0 radical (unpaired) electrons. The maximum Gasteiger partial charge on any atom is 0.338 e. The molecule has 2 aliphatic heterocycles. The predicted octanol–water partition coefficient (Wildman–Crippen LogP) is -1.74. The van der Waals surface area contributed by atoms with Crippen molar-refractivity contribution in [2.24, 2.45) is 0 Å². The van der Waals surface area contributed by atoms with Crippen molar-refractivity contribution in [3.05, 3.63) is 23.8 Å². The van der Waals surface area contributed by atoms with Crippen LogP contribution in [0.4, 0.5) is 0 Å². The molecular formula is C22H32O13. The fraction of sp³-hybridized carbons (Fsp3) is 0.682. The van der Waals surface area contributed by atoms with E-state index in [-0.39, 0.29) is 23.2 Å². The molecule has 0 saturated carbocycles. The zero-order valence-corrected chi connectivity index (χ0v) is 19.5. The van der Waals surface area contributed by atoms with Crippen molar-refractivity contribution in [1.82, 2.24) is 0 Å². The quantitative estimate of drug-likeness (QED) is 0.208. The number of aliphatic hydroxyl groups excluding tert-OH is 4. The van der Waals surface area contributed by atoms with E-state index in [1.54, 1.807) is 13.8 Å². The molecule has 2 fully saturated rings. The Labute approximate surface area is 201 Å². The molecule has 0 spiro atoms. The predicted molar refractivity (Wildman–Crippen MR) is 114 cm³/mol. The maximum absolute atomic E-state index is 12.4. The molecule has 35 heavy (non-hydrogen) atoms. The molecule has 0 amide bonds. The van der Waals surface area contributed by atoms with E-state index in [9.17, 15) is 35.4 Å². The number of methoxy groups -OCH3 is 1. The summed E-state index contributed by atoms with van der Waals surface area (Å²) < 4.78 is 32.1. The molecule has 0 bridgehead atoms. The lowest BCUT2D eigenvalue weighted by atomic mass is 9.98. The van der Waals surface area contributed by atoms with Crippen LogP contribution in [0.1, 0.15) is 24.2 Å². The van der Waals surface area contributed by atoms with Gasteiger partial charge >= 0.3 is 5.97 Å². The molecule has 0 aliphatic carbocycles. The number of carbonyl (C=O) groups excluding carboxylic acids is 1. The second-order valence-electron chi connectivity index (χ2n) is 8.68. The van der Waals surface area contributed by atoms with E-state index in [1.165, 1.54) is 25.3 Å². The van der Waals surface area contributed by atoms with E-state index >= 15 is 0 Å². The van der Waals surface area contributed by atoms with E-state index in [4.69, 9.17) is 28.4 Å². The highest BCUT2D eigenvalue weighted by atomic mass is 16.8. The van der Waals surface area contributed by atoms with Crippen LogP contribution >= 0.6 is 0 Å². The molecular weight excluding hydrogens is 472 g/mol. The van der Waals surface area contributed by atoms with Gasteiger partial charge in [0.15, 0.2) is 29.7 Å². The minimum absolute atomic E-state index is 0.0352. The number of phenolic OH excluding ortho intramolecular Hbond substituents is 1. The van der Waals surface area contributed by atoms with Crippen molar-refractivity contribution in [1.29, 1.82) is 0 Å². The number of benzene rings is 1. The minimum atomic E-state index is -2.05. The Morgan fingerprint density at radius 2 is 1.91 bits per heavy atom. The molecule has 3 rings (SSSR count). The monoisotopic (exact) mass is 504 g/mol. The molecule has 0 aromatic heterocycles. The van der Waals surface area contributed by atoms with Gasteiger partial charge in [-0.05, 0) is 32.0 Å². The summed E-state index contributed by atoms with van der Waals surface area (Å²) in [6, 6.07) is 3.78. The first kappa shape index (κ1) is 27.5. The van der Waals surface area contributed by atoms with Crippen molar-refractivity contribution in [3.8, 4) is 11.5 Å². The summed E-state index contributed by atoms with van der Waals surface area (Å²) >= 11 is 0. The Bertz CT molecular complexity index is 864. The number of ether oxygens (including phenoxy) is 6. The van der Waals surface area contributed by atoms with E-state index in [2.05, 4.69) is 0 Å². The van der Waals surface area contributed by atoms with Gasteiger partial charge in [-0.1, -0.05) is 0 Å². The van der Waals surface area contributed by atoms with Crippen LogP contribution in [0.5, 0.6) is 11.5 Å². The molecule has 1 aromatic rings. The van der Waals surface area contributed by atoms with Gasteiger partial charge in [-0.3, -0.25) is 0 Å². The van der Waals surface area contributed by atoms with Crippen LogP contribution in [0.15, 0.2) is 18.2 Å². The number of esters is 1. The van der Waals surface area contributed by atoms with Gasteiger partial charge in [-0.15, -0.1) is 0 Å². The van der Waals surface area contributed by atoms with E-state index in [1.807, 2.05) is 0 Å². The molecule has 13 nitrogen and oxygen atoms in total. The number of phenols is 1. The Kier molecular flexibility index (Phi) is 8.91. The molecule has 6 N–H and O–H groups in total. The van der Waals surface area contributed by atoms with Gasteiger partial charge in [0, 0.05) is 0 Å². The van der Waals surface area contributed by atoms with Gasteiger partial charge in [0.25, 0.3) is 0 Å². The Morgan fingerprint density at radius 3 is 2.54 bits per heavy atom. The number of aromatic hydroxyl groups is 1. The van der Waals surface area contributed by atoms with Gasteiger partial charge in [0.1, 0.15) is 37.1 Å². The van der Waals surface area contributed by atoms with Gasteiger partial charge < -0.3 is 59.1 Å². The summed E-state index contributed by atoms with van der Waals surface area (Å²) in [5, 5.41) is 61.2. The van der Waals surface area contributed by atoms with Crippen molar-refractivity contribution >= 4 is 5.97 Å².